The van der Waals surface area contributed by atoms with Crippen LogP contribution in [0.5, 0.6) is 0 Å². The van der Waals surface area contributed by atoms with E-state index in [1.54, 1.807) is 6.07 Å². The Labute approximate surface area is 187 Å². The van der Waals surface area contributed by atoms with Gasteiger partial charge in [-0.3, -0.25) is 4.79 Å². The van der Waals surface area contributed by atoms with Crippen molar-refractivity contribution in [3.63, 3.8) is 0 Å². The Morgan fingerprint density at radius 2 is 1.97 bits per heavy atom. The number of piperidine rings is 1. The van der Waals surface area contributed by atoms with Crippen LogP contribution in [0, 0.1) is 12.8 Å². The number of hydrogen-bond donors (Lipinski definition) is 1. The Kier molecular flexibility index (Phi) is 7.35. The largest absolute Gasteiger partial charge is 0.465 e. The number of anilines is 1. The molecule has 2 aromatic carbocycles. The van der Waals surface area contributed by atoms with Gasteiger partial charge in [-0.2, -0.15) is 0 Å². The van der Waals surface area contributed by atoms with Crippen LogP contribution in [0.2, 0.25) is 5.02 Å². The number of nitrogens with zero attached hydrogens (tertiary/aromatic N) is 1. The molecule has 1 N–H and O–H groups in total. The van der Waals surface area contributed by atoms with Gasteiger partial charge in [0.05, 0.1) is 35.1 Å². The highest BCUT2D eigenvalue weighted by molar-refractivity contribution is 7.88. The summed E-state index contributed by atoms with van der Waals surface area (Å²) in [5, 5.41) is 3.01. The normalized spacial score (nSPS) is 17.2. The molecule has 1 aliphatic rings. The molecule has 31 heavy (non-hydrogen) atoms. The Morgan fingerprint density at radius 3 is 2.68 bits per heavy atom. The summed E-state index contributed by atoms with van der Waals surface area (Å²) in [7, 11) is -2.29. The Hall–Kier alpha value is -2.42. The number of benzene rings is 2. The van der Waals surface area contributed by atoms with Gasteiger partial charge in [-0.25, -0.2) is 17.5 Å². The predicted octanol–water partition coefficient (Wildman–Crippen LogP) is 3.62. The van der Waals surface area contributed by atoms with Gasteiger partial charge in [-0.1, -0.05) is 35.9 Å². The highest BCUT2D eigenvalue weighted by Crippen LogP contribution is 2.27. The molecule has 1 amide bonds. The van der Waals surface area contributed by atoms with Crippen LogP contribution in [0.4, 0.5) is 5.69 Å². The quantitative estimate of drug-likeness (QED) is 0.659. The third-order valence-corrected chi connectivity index (χ3v) is 7.52. The van der Waals surface area contributed by atoms with Gasteiger partial charge < -0.3 is 10.1 Å². The van der Waals surface area contributed by atoms with Gasteiger partial charge in [0.15, 0.2) is 0 Å². The van der Waals surface area contributed by atoms with Crippen molar-refractivity contribution >= 4 is 39.2 Å². The summed E-state index contributed by atoms with van der Waals surface area (Å²) >= 11 is 6.16. The summed E-state index contributed by atoms with van der Waals surface area (Å²) in [5.74, 6) is -1.49. The van der Waals surface area contributed by atoms with Gasteiger partial charge >= 0.3 is 5.97 Å². The lowest BCUT2D eigenvalue weighted by molar-refractivity contribution is -0.120. The maximum absolute atomic E-state index is 13.0. The van der Waals surface area contributed by atoms with Crippen molar-refractivity contribution in [3.05, 3.63) is 64.2 Å². The number of halogens is 1. The summed E-state index contributed by atoms with van der Waals surface area (Å²) in [5.41, 5.74) is 2.21. The number of carbonyl (C=O) groups is 2. The first-order valence-electron chi connectivity index (χ1n) is 9.92. The summed E-state index contributed by atoms with van der Waals surface area (Å²) in [4.78, 5) is 24.6. The van der Waals surface area contributed by atoms with E-state index in [1.807, 2.05) is 25.1 Å². The molecule has 0 aromatic heterocycles. The molecule has 9 heteroatoms. The monoisotopic (exact) mass is 464 g/mol. The van der Waals surface area contributed by atoms with Crippen LogP contribution in [0.25, 0.3) is 0 Å². The number of esters is 1. The summed E-state index contributed by atoms with van der Waals surface area (Å²) in [6.45, 7) is 2.37. The van der Waals surface area contributed by atoms with E-state index in [-0.39, 0.29) is 34.5 Å². The lowest BCUT2D eigenvalue weighted by Crippen LogP contribution is -2.44. The first kappa shape index (κ1) is 23.2. The fourth-order valence-corrected chi connectivity index (χ4v) is 5.45. The summed E-state index contributed by atoms with van der Waals surface area (Å²) in [6.07, 6.45) is 1.15. The average Bonchev–Trinajstić information content (AvgIpc) is 2.76. The van der Waals surface area contributed by atoms with Crippen molar-refractivity contribution in [2.45, 2.75) is 25.5 Å². The average molecular weight is 465 g/mol. The standard InChI is InChI=1S/C22H25ClN2O5S/c1-15-6-3-4-7-18(15)14-31(28,29)25-11-5-8-17(13-25)21(26)24-20-12-16(22(27)30-2)9-10-19(20)23/h3-4,6-7,9-10,12,17H,5,8,11,13-14H2,1-2H3,(H,24,26). The number of aryl methyl sites for hydroxylation is 1. The predicted molar refractivity (Wildman–Crippen MR) is 120 cm³/mol. The SMILES string of the molecule is COC(=O)c1ccc(Cl)c(NC(=O)C2CCCN(S(=O)(=O)Cc3ccccc3C)C2)c1. The third kappa shape index (κ3) is 5.64. The molecule has 0 aliphatic carbocycles. The fourth-order valence-electron chi connectivity index (χ4n) is 3.57. The molecule has 2 aromatic rings. The second-order valence-electron chi connectivity index (χ2n) is 7.56. The van der Waals surface area contributed by atoms with Gasteiger partial charge in [0, 0.05) is 13.1 Å². The maximum Gasteiger partial charge on any atom is 0.337 e. The van der Waals surface area contributed by atoms with E-state index in [0.29, 0.717) is 19.4 Å². The second-order valence-corrected chi connectivity index (χ2v) is 9.93. The molecule has 0 radical (unpaired) electrons. The number of sulfonamides is 1. The Balaban J connectivity index is 1.71. The minimum absolute atomic E-state index is 0.0962. The van der Waals surface area contributed by atoms with E-state index in [0.717, 1.165) is 11.1 Å². The van der Waals surface area contributed by atoms with Crippen LogP contribution in [-0.4, -0.2) is 44.8 Å². The zero-order chi connectivity index (χ0) is 22.6. The number of hydrogen-bond acceptors (Lipinski definition) is 5. The van der Waals surface area contributed by atoms with Crippen LogP contribution < -0.4 is 5.32 Å². The molecular weight excluding hydrogens is 440 g/mol. The van der Waals surface area contributed by atoms with Crippen LogP contribution in [0.1, 0.15) is 34.3 Å². The van der Waals surface area contributed by atoms with Gasteiger partial charge in [0.1, 0.15) is 0 Å². The zero-order valence-electron chi connectivity index (χ0n) is 17.4. The van der Waals surface area contributed by atoms with Crippen LogP contribution in [0.3, 0.4) is 0 Å². The van der Waals surface area contributed by atoms with Crippen molar-refractivity contribution in [2.24, 2.45) is 5.92 Å². The van der Waals surface area contributed by atoms with E-state index in [9.17, 15) is 18.0 Å². The van der Waals surface area contributed by atoms with E-state index in [2.05, 4.69) is 5.32 Å². The van der Waals surface area contributed by atoms with Gasteiger partial charge in [-0.05, 0) is 49.1 Å². The number of rotatable bonds is 6. The highest BCUT2D eigenvalue weighted by atomic mass is 35.5. The Morgan fingerprint density at radius 1 is 1.23 bits per heavy atom. The van der Waals surface area contributed by atoms with Crippen molar-refractivity contribution in [3.8, 4) is 0 Å². The molecule has 0 saturated carbocycles. The van der Waals surface area contributed by atoms with E-state index in [4.69, 9.17) is 16.3 Å². The molecule has 3 rings (SSSR count). The lowest BCUT2D eigenvalue weighted by Gasteiger charge is -2.31. The molecule has 0 spiro atoms. The van der Waals surface area contributed by atoms with Crippen LogP contribution >= 0.6 is 11.6 Å². The van der Waals surface area contributed by atoms with E-state index in [1.165, 1.54) is 29.6 Å². The number of nitrogens with one attached hydrogen (secondary N) is 1. The summed E-state index contributed by atoms with van der Waals surface area (Å²) < 4.78 is 32.0. The van der Waals surface area contributed by atoms with Crippen molar-refractivity contribution in [1.29, 1.82) is 0 Å². The zero-order valence-corrected chi connectivity index (χ0v) is 19.0. The maximum atomic E-state index is 13.0. The minimum atomic E-state index is -3.56. The van der Waals surface area contributed by atoms with Gasteiger partial charge in [0.2, 0.25) is 15.9 Å². The molecule has 0 bridgehead atoms. The van der Waals surface area contributed by atoms with Crippen molar-refractivity contribution in [1.82, 2.24) is 4.31 Å². The highest BCUT2D eigenvalue weighted by Gasteiger charge is 2.33. The third-order valence-electron chi connectivity index (χ3n) is 5.39. The second kappa shape index (κ2) is 9.80. The molecule has 1 atom stereocenters. The lowest BCUT2D eigenvalue weighted by atomic mass is 9.98. The van der Waals surface area contributed by atoms with Gasteiger partial charge in [0.25, 0.3) is 0 Å². The van der Waals surface area contributed by atoms with Crippen LogP contribution in [-0.2, 0) is 25.3 Å². The number of ether oxygens (including phenoxy) is 1. The molecule has 1 fully saturated rings. The number of amides is 1. The first-order valence-corrected chi connectivity index (χ1v) is 11.9. The molecule has 166 valence electrons. The van der Waals surface area contributed by atoms with Crippen molar-refractivity contribution in [2.75, 3.05) is 25.5 Å². The smallest absolute Gasteiger partial charge is 0.337 e. The molecular formula is C22H25ClN2O5S. The Bertz CT molecular complexity index is 1090. The number of methoxy groups -OCH3 is 1. The fraction of sp³-hybridized carbons (Fsp3) is 0.364. The molecule has 1 unspecified atom stereocenters. The minimum Gasteiger partial charge on any atom is -0.465 e. The molecule has 1 saturated heterocycles. The number of carbonyl (C=O) groups excluding carboxylic acids is 2. The first-order chi connectivity index (χ1) is 14.7. The van der Waals surface area contributed by atoms with Gasteiger partial charge in [-0.15, -0.1) is 0 Å². The van der Waals surface area contributed by atoms with E-state index >= 15 is 0 Å². The van der Waals surface area contributed by atoms with Crippen molar-refractivity contribution < 1.29 is 22.7 Å². The topological polar surface area (TPSA) is 92.8 Å². The molecule has 7 nitrogen and oxygen atoms in total. The van der Waals surface area contributed by atoms with Crippen LogP contribution in [0.15, 0.2) is 42.5 Å². The summed E-state index contributed by atoms with van der Waals surface area (Å²) in [6, 6.07) is 11.8. The van der Waals surface area contributed by atoms with E-state index < -0.39 is 21.9 Å². The molecule has 1 heterocycles. The molecule has 1 aliphatic heterocycles.